The second kappa shape index (κ2) is 7.23. The summed E-state index contributed by atoms with van der Waals surface area (Å²) in [6.07, 6.45) is 0. The summed E-state index contributed by atoms with van der Waals surface area (Å²) in [5.74, 6) is 2.15. The zero-order chi connectivity index (χ0) is 22.6. The van der Waals surface area contributed by atoms with Crippen molar-refractivity contribution in [1.82, 2.24) is 0 Å². The maximum absolute atomic E-state index is 12.2. The molecule has 0 aromatic heterocycles. The van der Waals surface area contributed by atoms with E-state index in [0.29, 0.717) is 34.1 Å². The van der Waals surface area contributed by atoms with Crippen molar-refractivity contribution in [3.8, 4) is 23.0 Å². The van der Waals surface area contributed by atoms with Gasteiger partial charge in [0.15, 0.2) is 35.1 Å². The molecule has 32 heavy (non-hydrogen) atoms. The van der Waals surface area contributed by atoms with Crippen LogP contribution in [-0.2, 0) is 0 Å². The Kier molecular flexibility index (Phi) is 4.59. The first-order chi connectivity index (χ1) is 15.3. The van der Waals surface area contributed by atoms with Gasteiger partial charge in [0, 0.05) is 21.0 Å². The predicted octanol–water partition coefficient (Wildman–Crippen LogP) is 1.82. The number of nitro groups is 2. The van der Waals surface area contributed by atoms with Gasteiger partial charge in [-0.05, 0) is 50.2 Å². The third-order valence-corrected chi connectivity index (χ3v) is 6.64. The summed E-state index contributed by atoms with van der Waals surface area (Å²) in [5, 5.41) is 26.2. The van der Waals surface area contributed by atoms with Crippen molar-refractivity contribution in [3.63, 3.8) is 0 Å². The number of nitrogens with zero attached hydrogens (tertiary/aromatic N) is 2. The summed E-state index contributed by atoms with van der Waals surface area (Å²) >= 11 is 0. The smallest absolute Gasteiger partial charge is 0.279 e. The van der Waals surface area contributed by atoms with Crippen LogP contribution in [0.4, 0.5) is 0 Å². The van der Waals surface area contributed by atoms with Crippen molar-refractivity contribution in [3.05, 3.63) is 67.8 Å². The van der Waals surface area contributed by atoms with E-state index in [2.05, 4.69) is 0 Å². The fraction of sp³-hybridized carbons (Fsp3) is 0.429. The largest absolute Gasteiger partial charge is 0.454 e. The number of nitrogens with two attached hydrogens (primary N) is 1. The molecule has 2 aromatic rings. The van der Waals surface area contributed by atoms with Crippen molar-refractivity contribution in [2.45, 2.75) is 38.0 Å². The van der Waals surface area contributed by atoms with Gasteiger partial charge < -0.3 is 24.3 Å². The van der Waals surface area contributed by atoms with Gasteiger partial charge in [-0.3, -0.25) is 20.2 Å². The molecule has 168 valence electrons. The Balaban J connectivity index is 1.62. The second-order valence-corrected chi connectivity index (χ2v) is 8.75. The van der Waals surface area contributed by atoms with Gasteiger partial charge in [0.1, 0.15) is 5.41 Å². The van der Waals surface area contributed by atoms with Crippen LogP contribution in [0.2, 0.25) is 0 Å². The van der Waals surface area contributed by atoms with E-state index in [4.69, 9.17) is 18.9 Å². The summed E-state index contributed by atoms with van der Waals surface area (Å²) < 4.78 is 21.6. The lowest BCUT2D eigenvalue weighted by Gasteiger charge is -2.41. The molecule has 3 aliphatic rings. The maximum atomic E-state index is 12.2. The van der Waals surface area contributed by atoms with Gasteiger partial charge in [-0.25, -0.2) is 0 Å². The molecule has 11 heteroatoms. The van der Waals surface area contributed by atoms with E-state index in [0.717, 1.165) is 0 Å². The molecule has 2 N–H and O–H groups in total. The standard InChI is InChI=1S/C21H21N3O8/c1-21(2)19(23(25)26)17(11-3-5-13-15(7-11)31-9-29-13)22-18(20(21)24(27)28)12-4-6-14-16(8-12)32-10-30-14/h3-8,17-20,22H,9-10H2,1-2H3/p+1/t17-,18+,19+,20-. The number of rotatable bonds is 4. The lowest BCUT2D eigenvalue weighted by molar-refractivity contribution is -0.818. The molecule has 0 amide bonds. The van der Waals surface area contributed by atoms with Gasteiger partial charge in [0.2, 0.25) is 13.6 Å². The van der Waals surface area contributed by atoms with Gasteiger partial charge in [-0.15, -0.1) is 0 Å². The number of hydrogen-bond acceptors (Lipinski definition) is 8. The van der Waals surface area contributed by atoms with Crippen molar-refractivity contribution in [2.24, 2.45) is 5.41 Å². The monoisotopic (exact) mass is 444 g/mol. The molecular formula is C21H22N3O8+. The summed E-state index contributed by atoms with van der Waals surface area (Å²) in [5.41, 5.74) is 0.0391. The van der Waals surface area contributed by atoms with Crippen LogP contribution in [0, 0.1) is 25.6 Å². The summed E-state index contributed by atoms with van der Waals surface area (Å²) in [6, 6.07) is 6.61. The lowest BCUT2D eigenvalue weighted by atomic mass is 9.66. The van der Waals surface area contributed by atoms with Crippen molar-refractivity contribution >= 4 is 0 Å². The third kappa shape index (κ3) is 3.08. The molecule has 2 aromatic carbocycles. The molecule has 0 saturated carbocycles. The van der Waals surface area contributed by atoms with Gasteiger partial charge in [0.25, 0.3) is 12.1 Å². The Labute approximate surface area is 182 Å². The Morgan fingerprint density at radius 1 is 0.781 bits per heavy atom. The number of quaternary nitrogens is 1. The van der Waals surface area contributed by atoms with E-state index in [-0.39, 0.29) is 13.6 Å². The molecule has 0 radical (unpaired) electrons. The topological polar surface area (TPSA) is 140 Å². The highest BCUT2D eigenvalue weighted by Crippen LogP contribution is 2.45. The molecule has 0 spiro atoms. The number of benzene rings is 2. The molecule has 3 aliphatic heterocycles. The summed E-state index contributed by atoms with van der Waals surface area (Å²) in [6.45, 7) is 3.36. The van der Waals surface area contributed by atoms with E-state index in [1.54, 1.807) is 55.6 Å². The van der Waals surface area contributed by atoms with Crippen LogP contribution < -0.4 is 24.3 Å². The third-order valence-electron chi connectivity index (χ3n) is 6.64. The molecule has 11 nitrogen and oxygen atoms in total. The Hall–Kier alpha value is -3.60. The fourth-order valence-electron chi connectivity index (χ4n) is 5.17. The second-order valence-electron chi connectivity index (χ2n) is 8.75. The van der Waals surface area contributed by atoms with Gasteiger partial charge in [0.05, 0.1) is 0 Å². The molecule has 4 atom stereocenters. The van der Waals surface area contributed by atoms with Crippen LogP contribution in [0.25, 0.3) is 0 Å². The molecule has 1 saturated heterocycles. The minimum Gasteiger partial charge on any atom is -0.454 e. The SMILES string of the molecule is CC1(C)[C@@H]([N+](=O)[O-])[C@@H](c2ccc3c(c2)OCO3)[NH2+][C@@H](c2ccc3c(c2)OCO3)[C@H]1[N+](=O)[O-]. The Morgan fingerprint density at radius 2 is 1.19 bits per heavy atom. The lowest BCUT2D eigenvalue weighted by Crippen LogP contribution is -2.96. The highest BCUT2D eigenvalue weighted by Gasteiger charge is 2.66. The van der Waals surface area contributed by atoms with Crippen LogP contribution in [-0.4, -0.2) is 35.5 Å². The molecule has 1 fully saturated rings. The van der Waals surface area contributed by atoms with Crippen LogP contribution in [0.15, 0.2) is 36.4 Å². The average molecular weight is 444 g/mol. The molecule has 0 unspecified atom stereocenters. The zero-order valence-corrected chi connectivity index (χ0v) is 17.4. The van der Waals surface area contributed by atoms with Crippen molar-refractivity contribution in [2.75, 3.05) is 13.6 Å². The summed E-state index contributed by atoms with van der Waals surface area (Å²) in [7, 11) is 0. The maximum Gasteiger partial charge on any atom is 0.279 e. The van der Waals surface area contributed by atoms with Crippen LogP contribution in [0.5, 0.6) is 23.0 Å². The number of piperidine rings is 1. The predicted molar refractivity (Wildman–Crippen MR) is 108 cm³/mol. The molecule has 0 aliphatic carbocycles. The van der Waals surface area contributed by atoms with Crippen LogP contribution in [0.1, 0.15) is 37.1 Å². The molecular weight excluding hydrogens is 422 g/mol. The summed E-state index contributed by atoms with van der Waals surface area (Å²) in [4.78, 5) is 23.6. The highest BCUT2D eigenvalue weighted by atomic mass is 16.7. The minimum atomic E-state index is -1.26. The first-order valence-corrected chi connectivity index (χ1v) is 10.2. The van der Waals surface area contributed by atoms with Crippen LogP contribution >= 0.6 is 0 Å². The van der Waals surface area contributed by atoms with Gasteiger partial charge in [-0.1, -0.05) is 0 Å². The van der Waals surface area contributed by atoms with Crippen LogP contribution in [0.3, 0.4) is 0 Å². The van der Waals surface area contributed by atoms with E-state index < -0.39 is 39.4 Å². The number of fused-ring (bicyclic) bond motifs is 2. The van der Waals surface area contributed by atoms with Crippen molar-refractivity contribution < 1.29 is 34.1 Å². The molecule has 0 bridgehead atoms. The fourth-order valence-corrected chi connectivity index (χ4v) is 5.17. The minimum absolute atomic E-state index is 0.0839. The van der Waals surface area contributed by atoms with Crippen molar-refractivity contribution in [1.29, 1.82) is 0 Å². The van der Waals surface area contributed by atoms with E-state index in [1.807, 2.05) is 0 Å². The van der Waals surface area contributed by atoms with E-state index in [1.165, 1.54) is 0 Å². The van der Waals surface area contributed by atoms with Gasteiger partial charge >= 0.3 is 0 Å². The first kappa shape index (κ1) is 20.3. The Bertz CT molecular complexity index is 1020. The first-order valence-electron chi connectivity index (χ1n) is 10.2. The quantitative estimate of drug-likeness (QED) is 0.556. The normalized spacial score (nSPS) is 27.2. The average Bonchev–Trinajstić information content (AvgIpc) is 3.39. The number of hydrogen-bond donors (Lipinski definition) is 1. The highest BCUT2D eigenvalue weighted by molar-refractivity contribution is 5.46. The number of ether oxygens (including phenoxy) is 4. The zero-order valence-electron chi connectivity index (χ0n) is 17.4. The van der Waals surface area contributed by atoms with Gasteiger partial charge in [-0.2, -0.15) is 0 Å². The van der Waals surface area contributed by atoms with E-state index in [9.17, 15) is 20.2 Å². The van der Waals surface area contributed by atoms with E-state index >= 15 is 0 Å². The Morgan fingerprint density at radius 3 is 1.59 bits per heavy atom. The molecule has 3 heterocycles. The molecule has 5 rings (SSSR count).